The number of H-pyrrole nitrogens is 2. The lowest BCUT2D eigenvalue weighted by atomic mass is 10.0. The summed E-state index contributed by atoms with van der Waals surface area (Å²) in [5.74, 6) is -2.61. The first kappa shape index (κ1) is 22.7. The average molecular weight is 508 g/mol. The second-order valence-electron chi connectivity index (χ2n) is 9.78. The van der Waals surface area contributed by atoms with Crippen molar-refractivity contribution >= 4 is 21.9 Å². The van der Waals surface area contributed by atoms with Crippen molar-refractivity contribution in [3.8, 4) is 33.6 Å². The van der Waals surface area contributed by atoms with E-state index in [1.54, 1.807) is 29.7 Å². The Balaban J connectivity index is 1.24. The molecule has 7 nitrogen and oxygen atoms in total. The van der Waals surface area contributed by atoms with Crippen LogP contribution in [0.15, 0.2) is 79.5 Å². The number of aromatic amines is 2. The first-order valence-electron chi connectivity index (χ1n) is 12.4. The molecule has 0 aliphatic carbocycles. The second-order valence-corrected chi connectivity index (χ2v) is 9.78. The monoisotopic (exact) mass is 507 g/mol. The minimum atomic E-state index is -2.61. The van der Waals surface area contributed by atoms with E-state index in [1.807, 2.05) is 42.6 Å². The molecule has 2 N–H and O–H groups in total. The predicted octanol–water partition coefficient (Wildman–Crippen LogP) is 6.07. The summed E-state index contributed by atoms with van der Waals surface area (Å²) in [5, 5.41) is 9.69. The van der Waals surface area contributed by atoms with Crippen LogP contribution in [0, 0.1) is 0 Å². The maximum Gasteiger partial charge on any atom is 0.261 e. The molecule has 9 heteroatoms. The van der Waals surface area contributed by atoms with Gasteiger partial charge in [-0.2, -0.15) is 5.10 Å². The zero-order valence-corrected chi connectivity index (χ0v) is 20.3. The maximum atomic E-state index is 13.6. The van der Waals surface area contributed by atoms with Gasteiger partial charge in [-0.3, -0.25) is 20.0 Å². The first-order valence-corrected chi connectivity index (χ1v) is 12.4. The highest BCUT2D eigenvalue weighted by Gasteiger charge is 2.37. The van der Waals surface area contributed by atoms with Crippen molar-refractivity contribution in [3.05, 3.63) is 85.1 Å². The molecule has 7 rings (SSSR count). The van der Waals surface area contributed by atoms with Crippen molar-refractivity contribution in [1.29, 1.82) is 0 Å². The smallest absolute Gasteiger partial charge is 0.261 e. The SMILES string of the molecule is FC1(F)CCN(Cc2cncc(-c3ccc4[nH]nc(-c5cc6c(-c7cccnc7)ccnc6[nH]5)c4c3)c2)C1. The molecular formula is C29H23F2N7. The highest BCUT2D eigenvalue weighted by molar-refractivity contribution is 6.00. The summed E-state index contributed by atoms with van der Waals surface area (Å²) in [5.41, 5.74) is 8.22. The molecule has 0 atom stereocenters. The number of nitrogens with one attached hydrogen (secondary N) is 2. The van der Waals surface area contributed by atoms with Gasteiger partial charge < -0.3 is 4.98 Å². The number of fused-ring (bicyclic) bond motifs is 2. The number of nitrogens with zero attached hydrogens (tertiary/aromatic N) is 5. The van der Waals surface area contributed by atoms with Gasteiger partial charge in [-0.15, -0.1) is 0 Å². The van der Waals surface area contributed by atoms with E-state index in [2.05, 4.69) is 42.3 Å². The number of hydrogen-bond acceptors (Lipinski definition) is 5. The van der Waals surface area contributed by atoms with Gasteiger partial charge in [-0.1, -0.05) is 12.1 Å². The Kier molecular flexibility index (Phi) is 5.26. The van der Waals surface area contributed by atoms with Crippen LogP contribution in [0.4, 0.5) is 8.78 Å². The quantitative estimate of drug-likeness (QED) is 0.296. The lowest BCUT2D eigenvalue weighted by Gasteiger charge is -2.15. The Labute approximate surface area is 216 Å². The number of alkyl halides is 2. The molecule has 6 aromatic rings. The van der Waals surface area contributed by atoms with Crippen LogP contribution < -0.4 is 0 Å². The number of likely N-dealkylation sites (tertiary alicyclic amines) is 1. The summed E-state index contributed by atoms with van der Waals surface area (Å²) >= 11 is 0. The predicted molar refractivity (Wildman–Crippen MR) is 142 cm³/mol. The second kappa shape index (κ2) is 8.81. The number of halogens is 2. The summed E-state index contributed by atoms with van der Waals surface area (Å²) in [4.78, 5) is 18.4. The van der Waals surface area contributed by atoms with Gasteiger partial charge in [0.15, 0.2) is 0 Å². The molecule has 0 saturated carbocycles. The molecule has 1 saturated heterocycles. The van der Waals surface area contributed by atoms with Crippen LogP contribution in [-0.4, -0.2) is 54.0 Å². The van der Waals surface area contributed by atoms with E-state index in [-0.39, 0.29) is 13.0 Å². The summed E-state index contributed by atoms with van der Waals surface area (Å²) in [6, 6.07) is 16.1. The number of hydrogen-bond donors (Lipinski definition) is 2. The summed E-state index contributed by atoms with van der Waals surface area (Å²) in [7, 11) is 0. The molecule has 0 spiro atoms. The minimum Gasteiger partial charge on any atom is -0.338 e. The first-order chi connectivity index (χ1) is 18.5. The maximum absolute atomic E-state index is 13.6. The minimum absolute atomic E-state index is 0.0902. The average Bonchev–Trinajstić information content (AvgIpc) is 3.64. The van der Waals surface area contributed by atoms with E-state index in [4.69, 9.17) is 0 Å². The van der Waals surface area contributed by atoms with Gasteiger partial charge in [-0.05, 0) is 53.1 Å². The third kappa shape index (κ3) is 4.10. The molecule has 1 aliphatic rings. The van der Waals surface area contributed by atoms with Gasteiger partial charge in [0.05, 0.1) is 17.8 Å². The van der Waals surface area contributed by atoms with E-state index in [0.717, 1.165) is 61.1 Å². The number of benzene rings is 1. The van der Waals surface area contributed by atoms with E-state index in [9.17, 15) is 8.78 Å². The zero-order chi connectivity index (χ0) is 25.7. The number of aromatic nitrogens is 6. The molecule has 0 radical (unpaired) electrons. The van der Waals surface area contributed by atoms with Gasteiger partial charge in [-0.25, -0.2) is 13.8 Å². The van der Waals surface area contributed by atoms with Crippen LogP contribution in [0.2, 0.25) is 0 Å². The van der Waals surface area contributed by atoms with Crippen molar-refractivity contribution < 1.29 is 8.78 Å². The van der Waals surface area contributed by atoms with Gasteiger partial charge in [0.25, 0.3) is 5.92 Å². The lowest BCUT2D eigenvalue weighted by molar-refractivity contribution is 0.0115. The summed E-state index contributed by atoms with van der Waals surface area (Å²) in [6.07, 6.45) is 8.85. The van der Waals surface area contributed by atoms with Gasteiger partial charge in [0.1, 0.15) is 11.3 Å². The molecule has 1 aromatic carbocycles. The fraction of sp³-hybridized carbons (Fsp3) is 0.172. The fourth-order valence-corrected chi connectivity index (χ4v) is 5.26. The van der Waals surface area contributed by atoms with Crippen LogP contribution in [0.5, 0.6) is 0 Å². The van der Waals surface area contributed by atoms with Crippen LogP contribution >= 0.6 is 0 Å². The van der Waals surface area contributed by atoms with Crippen molar-refractivity contribution in [2.45, 2.75) is 18.9 Å². The summed E-state index contributed by atoms with van der Waals surface area (Å²) in [6.45, 7) is 0.643. The van der Waals surface area contributed by atoms with E-state index < -0.39 is 5.92 Å². The van der Waals surface area contributed by atoms with Crippen LogP contribution in [-0.2, 0) is 6.54 Å². The van der Waals surface area contributed by atoms with Crippen LogP contribution in [0.3, 0.4) is 0 Å². The molecule has 0 bridgehead atoms. The molecule has 5 aromatic heterocycles. The fourth-order valence-electron chi connectivity index (χ4n) is 5.26. The van der Waals surface area contributed by atoms with Gasteiger partial charge >= 0.3 is 0 Å². The molecule has 188 valence electrons. The Hall–Kier alpha value is -4.50. The van der Waals surface area contributed by atoms with Crippen molar-refractivity contribution in [3.63, 3.8) is 0 Å². The zero-order valence-electron chi connectivity index (χ0n) is 20.3. The Morgan fingerprint density at radius 2 is 1.82 bits per heavy atom. The van der Waals surface area contributed by atoms with Crippen molar-refractivity contribution in [2.24, 2.45) is 0 Å². The number of pyridine rings is 3. The standard InChI is InChI=1S/C29H23F2N7/c30-29(31)6-9-38(17-29)16-18-10-21(15-33-13-18)19-3-4-25-24(11-19)27(37-36-25)26-12-23-22(5-8-34-28(23)35-26)20-2-1-7-32-14-20/h1-5,7-8,10-15H,6,9,16-17H2,(H,34,35)(H,36,37). The Morgan fingerprint density at radius 3 is 2.66 bits per heavy atom. The van der Waals surface area contributed by atoms with Crippen LogP contribution in [0.25, 0.3) is 55.6 Å². The molecule has 38 heavy (non-hydrogen) atoms. The molecule has 1 fully saturated rings. The summed E-state index contributed by atoms with van der Waals surface area (Å²) < 4.78 is 27.3. The molecule has 0 amide bonds. The lowest BCUT2D eigenvalue weighted by Crippen LogP contribution is -2.24. The molecule has 0 unspecified atom stereocenters. The van der Waals surface area contributed by atoms with Crippen molar-refractivity contribution in [1.82, 2.24) is 35.0 Å². The molecular weight excluding hydrogens is 484 g/mol. The van der Waals surface area contributed by atoms with E-state index >= 15 is 0 Å². The van der Waals surface area contributed by atoms with Crippen molar-refractivity contribution in [2.75, 3.05) is 13.1 Å². The third-order valence-corrected chi connectivity index (χ3v) is 7.11. The normalized spacial score (nSPS) is 15.5. The van der Waals surface area contributed by atoms with E-state index in [1.165, 1.54) is 0 Å². The highest BCUT2D eigenvalue weighted by atomic mass is 19.3. The topological polar surface area (TPSA) is 86.4 Å². The van der Waals surface area contributed by atoms with Gasteiger partial charge in [0, 0.05) is 72.4 Å². The van der Waals surface area contributed by atoms with Crippen LogP contribution in [0.1, 0.15) is 12.0 Å². The van der Waals surface area contributed by atoms with Gasteiger partial charge in [0.2, 0.25) is 0 Å². The highest BCUT2D eigenvalue weighted by Crippen LogP contribution is 2.35. The molecule has 6 heterocycles. The molecule has 1 aliphatic heterocycles. The van der Waals surface area contributed by atoms with E-state index in [0.29, 0.717) is 13.1 Å². The Morgan fingerprint density at radius 1 is 0.895 bits per heavy atom. The largest absolute Gasteiger partial charge is 0.338 e. The Bertz CT molecular complexity index is 1770. The number of rotatable bonds is 5. The third-order valence-electron chi connectivity index (χ3n) is 7.11.